The van der Waals surface area contributed by atoms with E-state index < -0.39 is 10.0 Å². The van der Waals surface area contributed by atoms with Crippen LogP contribution in [0.2, 0.25) is 0 Å². The third-order valence-electron chi connectivity index (χ3n) is 2.36. The molecule has 5 nitrogen and oxygen atoms in total. The van der Waals surface area contributed by atoms with Crippen LogP contribution in [0.3, 0.4) is 0 Å². The molecule has 1 aliphatic rings. The molecular formula is C8H13N3O2S2. The number of aromatic nitrogens is 1. The zero-order chi connectivity index (χ0) is 11.1. The van der Waals surface area contributed by atoms with Gasteiger partial charge in [0.2, 0.25) is 0 Å². The fourth-order valence-corrected chi connectivity index (χ4v) is 3.89. The minimum atomic E-state index is -3.37. The summed E-state index contributed by atoms with van der Waals surface area (Å²) in [6, 6.07) is 0.133. The molecule has 0 aliphatic heterocycles. The van der Waals surface area contributed by atoms with Gasteiger partial charge in [-0.2, -0.15) is 0 Å². The summed E-state index contributed by atoms with van der Waals surface area (Å²) in [5.74, 6) is 0. The van der Waals surface area contributed by atoms with Crippen molar-refractivity contribution in [3.8, 4) is 0 Å². The Balaban J connectivity index is 2.07. The van der Waals surface area contributed by atoms with Gasteiger partial charge >= 0.3 is 0 Å². The molecule has 84 valence electrons. The number of nitrogens with two attached hydrogens (primary N) is 1. The van der Waals surface area contributed by atoms with Gasteiger partial charge in [-0.3, -0.25) is 0 Å². The number of nitrogens with one attached hydrogen (secondary N) is 1. The Morgan fingerprint density at radius 1 is 1.60 bits per heavy atom. The highest BCUT2D eigenvalue weighted by Gasteiger charge is 2.30. The van der Waals surface area contributed by atoms with Gasteiger partial charge in [-0.05, 0) is 19.8 Å². The number of aryl methyl sites for hydroxylation is 1. The number of rotatable bonds is 3. The van der Waals surface area contributed by atoms with E-state index >= 15 is 0 Å². The lowest BCUT2D eigenvalue weighted by molar-refractivity contribution is 0.327. The van der Waals surface area contributed by atoms with E-state index in [1.807, 2.05) is 0 Å². The molecule has 1 aromatic heterocycles. The number of hydrogen-bond acceptors (Lipinski definition) is 5. The van der Waals surface area contributed by atoms with Crippen LogP contribution >= 0.6 is 11.3 Å². The molecule has 0 atom stereocenters. The van der Waals surface area contributed by atoms with Gasteiger partial charge in [-0.15, -0.1) is 11.3 Å². The van der Waals surface area contributed by atoms with Gasteiger partial charge in [-0.1, -0.05) is 0 Å². The quantitative estimate of drug-likeness (QED) is 0.800. The van der Waals surface area contributed by atoms with Crippen LogP contribution in [0, 0.1) is 6.92 Å². The molecule has 1 saturated carbocycles. The smallest absolute Gasteiger partial charge is 0.251 e. The summed E-state index contributed by atoms with van der Waals surface area (Å²) in [7, 11) is -3.37. The molecule has 1 fully saturated rings. The molecule has 0 saturated heterocycles. The van der Waals surface area contributed by atoms with Crippen LogP contribution in [0.25, 0.3) is 0 Å². The first-order valence-corrected chi connectivity index (χ1v) is 6.97. The second kappa shape index (κ2) is 3.82. The minimum absolute atomic E-state index is 0.00703. The van der Waals surface area contributed by atoms with Crippen LogP contribution in [-0.4, -0.2) is 25.5 Å². The molecule has 2 rings (SSSR count). The molecular weight excluding hydrogens is 234 g/mol. The monoisotopic (exact) mass is 247 g/mol. The summed E-state index contributed by atoms with van der Waals surface area (Å²) < 4.78 is 26.4. The van der Waals surface area contributed by atoms with E-state index in [-0.39, 0.29) is 16.3 Å². The van der Waals surface area contributed by atoms with Crippen LogP contribution in [0.4, 0.5) is 0 Å². The Labute approximate surface area is 92.8 Å². The van der Waals surface area contributed by atoms with Gasteiger partial charge in [-0.25, -0.2) is 18.1 Å². The fraction of sp³-hybridized carbons (Fsp3) is 0.625. The SMILES string of the molecule is Cc1ncc(S(=O)(=O)NC2CC(N)C2)s1. The molecule has 0 bridgehead atoms. The molecule has 1 aromatic rings. The standard InChI is InChI=1S/C8H13N3O2S2/c1-5-10-4-8(14-5)15(12,13)11-7-2-6(9)3-7/h4,6-7,11H,2-3,9H2,1H3. The summed E-state index contributed by atoms with van der Waals surface area (Å²) in [4.78, 5) is 3.92. The summed E-state index contributed by atoms with van der Waals surface area (Å²) in [5, 5.41) is 0.751. The van der Waals surface area contributed by atoms with Crippen LogP contribution in [0.5, 0.6) is 0 Å². The van der Waals surface area contributed by atoms with E-state index in [4.69, 9.17) is 5.73 Å². The number of hydrogen-bond donors (Lipinski definition) is 2. The van der Waals surface area contributed by atoms with Gasteiger partial charge in [0.25, 0.3) is 10.0 Å². The first-order valence-electron chi connectivity index (χ1n) is 4.68. The molecule has 0 amide bonds. The summed E-state index contributed by atoms with van der Waals surface area (Å²) in [6.45, 7) is 1.78. The first-order chi connectivity index (χ1) is 6.97. The Morgan fingerprint density at radius 2 is 2.27 bits per heavy atom. The van der Waals surface area contributed by atoms with Gasteiger partial charge < -0.3 is 5.73 Å². The van der Waals surface area contributed by atoms with E-state index in [9.17, 15) is 8.42 Å². The third kappa shape index (κ3) is 2.36. The summed E-state index contributed by atoms with van der Waals surface area (Å²) in [5.41, 5.74) is 5.59. The molecule has 0 unspecified atom stereocenters. The van der Waals surface area contributed by atoms with E-state index in [2.05, 4.69) is 9.71 Å². The lowest BCUT2D eigenvalue weighted by Crippen LogP contribution is -2.50. The second-order valence-corrected chi connectivity index (χ2v) is 6.92. The highest BCUT2D eigenvalue weighted by atomic mass is 32.2. The fourth-order valence-electron chi connectivity index (χ4n) is 1.50. The maximum absolute atomic E-state index is 11.8. The van der Waals surface area contributed by atoms with Crippen molar-refractivity contribution in [2.75, 3.05) is 0 Å². The lowest BCUT2D eigenvalue weighted by Gasteiger charge is -2.32. The Hall–Kier alpha value is -0.500. The number of thiazole rings is 1. The highest BCUT2D eigenvalue weighted by Crippen LogP contribution is 2.23. The molecule has 15 heavy (non-hydrogen) atoms. The van der Waals surface area contributed by atoms with Crippen molar-refractivity contribution in [3.63, 3.8) is 0 Å². The van der Waals surface area contributed by atoms with E-state index in [1.165, 1.54) is 17.5 Å². The van der Waals surface area contributed by atoms with Crippen LogP contribution < -0.4 is 10.5 Å². The average molecular weight is 247 g/mol. The Morgan fingerprint density at radius 3 is 2.73 bits per heavy atom. The Kier molecular flexibility index (Phi) is 2.80. The first kappa shape index (κ1) is 11.0. The minimum Gasteiger partial charge on any atom is -0.328 e. The third-order valence-corrected chi connectivity index (χ3v) is 5.26. The Bertz CT molecular complexity index is 448. The van der Waals surface area contributed by atoms with Crippen molar-refractivity contribution in [2.24, 2.45) is 5.73 Å². The van der Waals surface area contributed by atoms with Gasteiger partial charge in [0.1, 0.15) is 0 Å². The average Bonchev–Trinajstić information content (AvgIpc) is 2.49. The van der Waals surface area contributed by atoms with Crippen molar-refractivity contribution >= 4 is 21.4 Å². The van der Waals surface area contributed by atoms with Crippen molar-refractivity contribution in [3.05, 3.63) is 11.2 Å². The van der Waals surface area contributed by atoms with Crippen LogP contribution in [-0.2, 0) is 10.0 Å². The van der Waals surface area contributed by atoms with Crippen molar-refractivity contribution < 1.29 is 8.42 Å². The molecule has 7 heteroatoms. The molecule has 0 aromatic carbocycles. The second-order valence-electron chi connectivity index (χ2n) is 3.75. The molecule has 1 aliphatic carbocycles. The van der Waals surface area contributed by atoms with E-state index in [0.717, 1.165) is 17.8 Å². The van der Waals surface area contributed by atoms with E-state index in [0.29, 0.717) is 0 Å². The molecule has 3 N–H and O–H groups in total. The topological polar surface area (TPSA) is 85.1 Å². The van der Waals surface area contributed by atoms with Crippen molar-refractivity contribution in [1.29, 1.82) is 0 Å². The van der Waals surface area contributed by atoms with Crippen LogP contribution in [0.15, 0.2) is 10.4 Å². The zero-order valence-electron chi connectivity index (χ0n) is 8.30. The zero-order valence-corrected chi connectivity index (χ0v) is 9.94. The molecule has 1 heterocycles. The van der Waals surface area contributed by atoms with Crippen molar-refractivity contribution in [2.45, 2.75) is 36.1 Å². The number of nitrogens with zero attached hydrogens (tertiary/aromatic N) is 1. The van der Waals surface area contributed by atoms with Gasteiger partial charge in [0.15, 0.2) is 4.21 Å². The highest BCUT2D eigenvalue weighted by molar-refractivity contribution is 7.91. The summed E-state index contributed by atoms with van der Waals surface area (Å²) >= 11 is 1.18. The number of sulfonamides is 1. The predicted octanol–water partition coefficient (Wildman–Crippen LogP) is 0.220. The molecule has 0 spiro atoms. The van der Waals surface area contributed by atoms with Crippen molar-refractivity contribution in [1.82, 2.24) is 9.71 Å². The predicted molar refractivity (Wildman–Crippen MR) is 58.2 cm³/mol. The largest absolute Gasteiger partial charge is 0.328 e. The normalized spacial score (nSPS) is 26.3. The van der Waals surface area contributed by atoms with E-state index in [1.54, 1.807) is 6.92 Å². The summed E-state index contributed by atoms with van der Waals surface area (Å²) in [6.07, 6.45) is 2.83. The molecule has 0 radical (unpaired) electrons. The lowest BCUT2D eigenvalue weighted by atomic mass is 9.89. The maximum Gasteiger partial charge on any atom is 0.251 e. The van der Waals surface area contributed by atoms with Crippen LogP contribution in [0.1, 0.15) is 17.8 Å². The maximum atomic E-state index is 11.8. The van der Waals surface area contributed by atoms with Gasteiger partial charge in [0, 0.05) is 12.1 Å². The van der Waals surface area contributed by atoms with Gasteiger partial charge in [0.05, 0.1) is 11.2 Å².